The van der Waals surface area contributed by atoms with Gasteiger partial charge in [0.2, 0.25) is 0 Å². The molecule has 0 saturated carbocycles. The largest absolute Gasteiger partial charge is 0.395 e. The minimum atomic E-state index is -0.533. The van der Waals surface area contributed by atoms with Gasteiger partial charge >= 0.3 is 0 Å². The fraction of sp³-hybridized carbons (Fsp3) is 0.333. The number of aromatic nitrogens is 2. The third-order valence-corrected chi connectivity index (χ3v) is 4.09. The predicted octanol–water partition coefficient (Wildman–Crippen LogP) is 1.11. The molecule has 1 aromatic carbocycles. The van der Waals surface area contributed by atoms with E-state index in [2.05, 4.69) is 9.88 Å². The summed E-state index contributed by atoms with van der Waals surface area (Å²) in [6.07, 6.45) is 0. The van der Waals surface area contributed by atoms with Crippen LogP contribution in [-0.2, 0) is 13.1 Å². The number of nitrogens with two attached hydrogens (primary N) is 1. The van der Waals surface area contributed by atoms with Crippen molar-refractivity contribution in [3.8, 4) is 11.4 Å². The van der Waals surface area contributed by atoms with Gasteiger partial charge in [-0.3, -0.25) is 9.69 Å². The summed E-state index contributed by atoms with van der Waals surface area (Å²) in [5, 5.41) is 9.74. The molecule has 0 atom stereocenters. The molecule has 1 amide bonds. The maximum Gasteiger partial charge on any atom is 0.269 e. The minimum Gasteiger partial charge on any atom is -0.395 e. The summed E-state index contributed by atoms with van der Waals surface area (Å²) in [4.78, 5) is 18.2. The van der Waals surface area contributed by atoms with Gasteiger partial charge in [-0.1, -0.05) is 11.6 Å². The SMILES string of the molecule is NC(=O)c1nc(-c2ccc(Cl)cc2)n2c1CN(CCO)CC2. The van der Waals surface area contributed by atoms with Crippen molar-refractivity contribution in [1.82, 2.24) is 14.5 Å². The average Bonchev–Trinajstić information content (AvgIpc) is 2.87. The number of carbonyl (C=O) groups is 1. The van der Waals surface area contributed by atoms with Gasteiger partial charge < -0.3 is 15.4 Å². The first kappa shape index (κ1) is 15.0. The zero-order valence-electron chi connectivity index (χ0n) is 12.0. The Morgan fingerprint density at radius 3 is 2.68 bits per heavy atom. The number of imidazole rings is 1. The topological polar surface area (TPSA) is 84.4 Å². The van der Waals surface area contributed by atoms with E-state index in [0.29, 0.717) is 30.4 Å². The van der Waals surface area contributed by atoms with E-state index in [1.165, 1.54) is 0 Å². The number of β-amino-alcohol motifs (C(OH)–C–C–N with tert-alkyl or cyclic N) is 1. The summed E-state index contributed by atoms with van der Waals surface area (Å²) in [7, 11) is 0. The lowest BCUT2D eigenvalue weighted by Crippen LogP contribution is -2.36. The molecule has 0 aliphatic carbocycles. The zero-order valence-corrected chi connectivity index (χ0v) is 12.8. The Labute approximate surface area is 133 Å². The lowest BCUT2D eigenvalue weighted by molar-refractivity contribution is 0.0991. The molecule has 0 fully saturated rings. The normalized spacial score (nSPS) is 14.8. The number of aliphatic hydroxyl groups excluding tert-OH is 1. The lowest BCUT2D eigenvalue weighted by atomic mass is 10.2. The van der Waals surface area contributed by atoms with Crippen LogP contribution in [0, 0.1) is 0 Å². The van der Waals surface area contributed by atoms with Crippen LogP contribution in [0.2, 0.25) is 5.02 Å². The highest BCUT2D eigenvalue weighted by molar-refractivity contribution is 6.30. The maximum absolute atomic E-state index is 11.7. The Morgan fingerprint density at radius 1 is 1.32 bits per heavy atom. The fourth-order valence-electron chi connectivity index (χ4n) is 2.77. The summed E-state index contributed by atoms with van der Waals surface area (Å²) in [5.41, 5.74) is 7.47. The molecule has 1 aromatic heterocycles. The van der Waals surface area contributed by atoms with Crippen molar-refractivity contribution >= 4 is 17.5 Å². The van der Waals surface area contributed by atoms with Gasteiger partial charge in [0.1, 0.15) is 5.82 Å². The zero-order chi connectivity index (χ0) is 15.7. The van der Waals surface area contributed by atoms with E-state index >= 15 is 0 Å². The molecule has 6 nitrogen and oxygen atoms in total. The van der Waals surface area contributed by atoms with E-state index in [0.717, 1.165) is 23.6 Å². The molecule has 0 bridgehead atoms. The van der Waals surface area contributed by atoms with Crippen molar-refractivity contribution in [3.63, 3.8) is 0 Å². The summed E-state index contributed by atoms with van der Waals surface area (Å²) in [6, 6.07) is 7.35. The second-order valence-corrected chi connectivity index (χ2v) is 5.69. The van der Waals surface area contributed by atoms with Crippen LogP contribution < -0.4 is 5.73 Å². The second-order valence-electron chi connectivity index (χ2n) is 5.25. The van der Waals surface area contributed by atoms with Crippen LogP contribution in [0.15, 0.2) is 24.3 Å². The van der Waals surface area contributed by atoms with Crippen molar-refractivity contribution in [1.29, 1.82) is 0 Å². The molecule has 2 aromatic rings. The number of rotatable bonds is 4. The third-order valence-electron chi connectivity index (χ3n) is 3.84. The maximum atomic E-state index is 11.7. The number of carbonyl (C=O) groups excluding carboxylic acids is 1. The van der Waals surface area contributed by atoms with E-state index in [1.54, 1.807) is 12.1 Å². The predicted molar refractivity (Wildman–Crippen MR) is 83.6 cm³/mol. The highest BCUT2D eigenvalue weighted by Crippen LogP contribution is 2.27. The Bertz CT molecular complexity index is 696. The molecular formula is C15H17ClN4O2. The number of fused-ring (bicyclic) bond motifs is 1. The number of amides is 1. The monoisotopic (exact) mass is 320 g/mol. The van der Waals surface area contributed by atoms with Crippen molar-refractivity contribution in [2.24, 2.45) is 5.73 Å². The Hall–Kier alpha value is -1.89. The Morgan fingerprint density at radius 2 is 2.05 bits per heavy atom. The first-order chi connectivity index (χ1) is 10.6. The van der Waals surface area contributed by atoms with Crippen molar-refractivity contribution in [2.45, 2.75) is 13.1 Å². The van der Waals surface area contributed by atoms with Gasteiger partial charge in [-0.2, -0.15) is 0 Å². The number of primary amides is 1. The van der Waals surface area contributed by atoms with E-state index in [4.69, 9.17) is 22.4 Å². The molecule has 2 heterocycles. The first-order valence-corrected chi connectivity index (χ1v) is 7.46. The van der Waals surface area contributed by atoms with Crippen molar-refractivity contribution in [3.05, 3.63) is 40.7 Å². The van der Waals surface area contributed by atoms with Crippen molar-refractivity contribution < 1.29 is 9.90 Å². The van der Waals surface area contributed by atoms with Crippen LogP contribution in [0.4, 0.5) is 0 Å². The van der Waals surface area contributed by atoms with Crippen LogP contribution in [0.5, 0.6) is 0 Å². The summed E-state index contributed by atoms with van der Waals surface area (Å²) < 4.78 is 2.03. The summed E-state index contributed by atoms with van der Waals surface area (Å²) in [5.74, 6) is 0.193. The third kappa shape index (κ3) is 2.72. The molecular weight excluding hydrogens is 304 g/mol. The van der Waals surface area contributed by atoms with Gasteiger partial charge in [-0.15, -0.1) is 0 Å². The van der Waals surface area contributed by atoms with Crippen LogP contribution in [0.25, 0.3) is 11.4 Å². The molecule has 0 saturated heterocycles. The second kappa shape index (κ2) is 6.08. The van der Waals surface area contributed by atoms with Gasteiger partial charge in [-0.25, -0.2) is 4.98 Å². The van der Waals surface area contributed by atoms with Crippen LogP contribution in [-0.4, -0.2) is 45.2 Å². The molecule has 1 aliphatic rings. The summed E-state index contributed by atoms with van der Waals surface area (Å²) in [6.45, 7) is 2.71. The quantitative estimate of drug-likeness (QED) is 0.884. The number of hydrogen-bond donors (Lipinski definition) is 2. The number of benzene rings is 1. The van der Waals surface area contributed by atoms with Gasteiger partial charge in [0.15, 0.2) is 5.69 Å². The molecule has 0 spiro atoms. The number of aliphatic hydroxyl groups is 1. The standard InChI is InChI=1S/C15H17ClN4O2/c16-11-3-1-10(2-4-11)15-18-13(14(17)22)12-9-19(7-8-21)5-6-20(12)15/h1-4,21H,5-9H2,(H2,17,22). The van der Waals surface area contributed by atoms with Crippen LogP contribution in [0.1, 0.15) is 16.2 Å². The van der Waals surface area contributed by atoms with E-state index < -0.39 is 5.91 Å². The Balaban J connectivity index is 2.05. The van der Waals surface area contributed by atoms with Gasteiger partial charge in [0, 0.05) is 36.8 Å². The van der Waals surface area contributed by atoms with Gasteiger partial charge in [0.05, 0.1) is 12.3 Å². The van der Waals surface area contributed by atoms with E-state index in [1.807, 2.05) is 16.7 Å². The van der Waals surface area contributed by atoms with Crippen LogP contribution in [0.3, 0.4) is 0 Å². The van der Waals surface area contributed by atoms with Crippen molar-refractivity contribution in [2.75, 3.05) is 19.7 Å². The minimum absolute atomic E-state index is 0.0874. The molecule has 116 valence electrons. The van der Waals surface area contributed by atoms with Crippen LogP contribution >= 0.6 is 11.6 Å². The van der Waals surface area contributed by atoms with Gasteiger partial charge in [-0.05, 0) is 24.3 Å². The lowest BCUT2D eigenvalue weighted by Gasteiger charge is -2.28. The highest BCUT2D eigenvalue weighted by atomic mass is 35.5. The highest BCUT2D eigenvalue weighted by Gasteiger charge is 2.26. The summed E-state index contributed by atoms with van der Waals surface area (Å²) >= 11 is 5.92. The first-order valence-electron chi connectivity index (χ1n) is 7.08. The van der Waals surface area contributed by atoms with Gasteiger partial charge in [0.25, 0.3) is 5.91 Å². The smallest absolute Gasteiger partial charge is 0.269 e. The molecule has 0 radical (unpaired) electrons. The number of nitrogens with zero attached hydrogens (tertiary/aromatic N) is 3. The fourth-order valence-corrected chi connectivity index (χ4v) is 2.89. The average molecular weight is 321 g/mol. The Kier molecular flexibility index (Phi) is 4.15. The van der Waals surface area contributed by atoms with E-state index in [-0.39, 0.29) is 6.61 Å². The molecule has 0 unspecified atom stereocenters. The number of hydrogen-bond acceptors (Lipinski definition) is 4. The number of halogens is 1. The molecule has 1 aliphatic heterocycles. The van der Waals surface area contributed by atoms with E-state index in [9.17, 15) is 4.79 Å². The molecule has 3 N–H and O–H groups in total. The molecule has 22 heavy (non-hydrogen) atoms. The molecule has 7 heteroatoms. The molecule has 3 rings (SSSR count).